The smallest absolute Gasteiger partial charge is 0.408 e. The van der Waals surface area contributed by atoms with Gasteiger partial charge in [0.2, 0.25) is 0 Å². The molecule has 0 radical (unpaired) electrons. The monoisotopic (exact) mass is 191 g/mol. The Hall–Kier alpha value is -1.81. The van der Waals surface area contributed by atoms with E-state index >= 15 is 0 Å². The Morgan fingerprint density at radius 3 is 3.07 bits per heavy atom. The lowest BCUT2D eigenvalue weighted by Gasteiger charge is -2.03. The fraction of sp³-hybridized carbons (Fsp3) is 0.100. The van der Waals surface area contributed by atoms with Crippen LogP contribution in [0.5, 0.6) is 0 Å². The van der Waals surface area contributed by atoms with Gasteiger partial charge in [-0.05, 0) is 17.7 Å². The zero-order valence-corrected chi connectivity index (χ0v) is 7.36. The normalized spacial score (nSPS) is 12.9. The van der Waals surface area contributed by atoms with Gasteiger partial charge in [-0.1, -0.05) is 12.1 Å². The van der Waals surface area contributed by atoms with Gasteiger partial charge >= 0.3 is 5.76 Å². The molecule has 1 aromatic carbocycles. The fourth-order valence-corrected chi connectivity index (χ4v) is 1.28. The topological polar surface area (TPSA) is 66.2 Å². The summed E-state index contributed by atoms with van der Waals surface area (Å²) < 4.78 is 4.85. The van der Waals surface area contributed by atoms with Crippen molar-refractivity contribution in [2.24, 2.45) is 0 Å². The van der Waals surface area contributed by atoms with Crippen molar-refractivity contribution < 1.29 is 9.52 Å². The van der Waals surface area contributed by atoms with Crippen molar-refractivity contribution in [1.29, 1.82) is 0 Å². The third-order valence-electron chi connectivity index (χ3n) is 2.01. The quantitative estimate of drug-likeness (QED) is 0.704. The van der Waals surface area contributed by atoms with Crippen LogP contribution in [0.4, 0.5) is 0 Å². The molecule has 72 valence electrons. The van der Waals surface area contributed by atoms with E-state index in [1.807, 2.05) is 0 Å². The van der Waals surface area contributed by atoms with Gasteiger partial charge in [0.15, 0.2) is 5.58 Å². The van der Waals surface area contributed by atoms with E-state index in [-0.39, 0.29) is 0 Å². The third-order valence-corrected chi connectivity index (χ3v) is 2.01. The number of oxazole rings is 1. The molecule has 2 rings (SSSR count). The standard InChI is InChI=1S/C10H9NO3/c1-2-8(12)6-3-4-7-9(5-6)14-10(13)11-7/h2-5,8,12H,1H2,(H,11,13). The summed E-state index contributed by atoms with van der Waals surface area (Å²) in [6.45, 7) is 3.47. The average Bonchev–Trinajstić information content (AvgIpc) is 2.55. The summed E-state index contributed by atoms with van der Waals surface area (Å²) in [7, 11) is 0. The number of nitrogens with one attached hydrogen (secondary N) is 1. The molecule has 0 aliphatic heterocycles. The number of aromatic nitrogens is 1. The van der Waals surface area contributed by atoms with E-state index in [0.717, 1.165) is 0 Å². The lowest BCUT2D eigenvalue weighted by Crippen LogP contribution is -1.92. The first-order valence-electron chi connectivity index (χ1n) is 4.14. The summed E-state index contributed by atoms with van der Waals surface area (Å²) in [5.41, 5.74) is 1.71. The molecule has 0 saturated heterocycles. The van der Waals surface area contributed by atoms with Crippen LogP contribution in [0.15, 0.2) is 40.1 Å². The minimum atomic E-state index is -0.736. The molecule has 2 aromatic rings. The van der Waals surface area contributed by atoms with Crippen molar-refractivity contribution in [2.75, 3.05) is 0 Å². The molecule has 4 heteroatoms. The van der Waals surface area contributed by atoms with Crippen LogP contribution in [0.2, 0.25) is 0 Å². The molecule has 2 N–H and O–H groups in total. The van der Waals surface area contributed by atoms with E-state index in [1.54, 1.807) is 18.2 Å². The van der Waals surface area contributed by atoms with E-state index in [9.17, 15) is 9.90 Å². The van der Waals surface area contributed by atoms with Gasteiger partial charge in [0, 0.05) is 0 Å². The van der Waals surface area contributed by atoms with Crippen molar-refractivity contribution in [3.63, 3.8) is 0 Å². The van der Waals surface area contributed by atoms with Crippen LogP contribution in [0.1, 0.15) is 11.7 Å². The number of benzene rings is 1. The second-order valence-electron chi connectivity index (χ2n) is 2.95. The van der Waals surface area contributed by atoms with E-state index in [2.05, 4.69) is 11.6 Å². The zero-order valence-electron chi connectivity index (χ0n) is 7.36. The van der Waals surface area contributed by atoms with Crippen molar-refractivity contribution in [1.82, 2.24) is 4.98 Å². The minimum Gasteiger partial charge on any atom is -0.408 e. The number of hydrogen-bond acceptors (Lipinski definition) is 3. The predicted molar refractivity (Wildman–Crippen MR) is 52.0 cm³/mol. The molecule has 0 spiro atoms. The van der Waals surface area contributed by atoms with Gasteiger partial charge < -0.3 is 9.52 Å². The minimum absolute atomic E-state index is 0.438. The molecule has 14 heavy (non-hydrogen) atoms. The highest BCUT2D eigenvalue weighted by Crippen LogP contribution is 2.18. The highest BCUT2D eigenvalue weighted by molar-refractivity contribution is 5.72. The summed E-state index contributed by atoms with van der Waals surface area (Å²) in [5.74, 6) is -0.495. The second kappa shape index (κ2) is 3.16. The first-order chi connectivity index (χ1) is 6.70. The van der Waals surface area contributed by atoms with Crippen LogP contribution >= 0.6 is 0 Å². The summed E-state index contributed by atoms with van der Waals surface area (Å²) in [6, 6.07) is 5.00. The molecule has 0 saturated carbocycles. The molecule has 1 aromatic heterocycles. The number of rotatable bonds is 2. The van der Waals surface area contributed by atoms with Crippen LogP contribution in [-0.2, 0) is 0 Å². The van der Waals surface area contributed by atoms with Gasteiger partial charge in [0.25, 0.3) is 0 Å². The molecule has 1 unspecified atom stereocenters. The number of hydrogen-bond donors (Lipinski definition) is 2. The number of aromatic amines is 1. The van der Waals surface area contributed by atoms with Gasteiger partial charge in [-0.2, -0.15) is 0 Å². The van der Waals surface area contributed by atoms with Crippen molar-refractivity contribution in [3.05, 3.63) is 47.0 Å². The van der Waals surface area contributed by atoms with Gasteiger partial charge in [-0.15, -0.1) is 6.58 Å². The number of H-pyrrole nitrogens is 1. The summed E-state index contributed by atoms with van der Waals surface area (Å²) in [4.78, 5) is 13.3. The van der Waals surface area contributed by atoms with Crippen LogP contribution in [-0.4, -0.2) is 10.1 Å². The predicted octanol–water partition coefficient (Wildman–Crippen LogP) is 1.34. The summed E-state index contributed by atoms with van der Waals surface area (Å²) in [5, 5.41) is 9.45. The third kappa shape index (κ3) is 1.36. The highest BCUT2D eigenvalue weighted by Gasteiger charge is 2.06. The first-order valence-corrected chi connectivity index (χ1v) is 4.14. The molecule has 4 nitrogen and oxygen atoms in total. The Kier molecular flexibility index (Phi) is 1.98. The number of fused-ring (bicyclic) bond motifs is 1. The number of aliphatic hydroxyl groups is 1. The molecule has 0 bridgehead atoms. The van der Waals surface area contributed by atoms with Crippen molar-refractivity contribution >= 4 is 11.1 Å². The molecule has 0 fully saturated rings. The van der Waals surface area contributed by atoms with Crippen molar-refractivity contribution in [3.8, 4) is 0 Å². The maximum atomic E-state index is 10.8. The van der Waals surface area contributed by atoms with Crippen LogP contribution < -0.4 is 5.76 Å². The zero-order chi connectivity index (χ0) is 10.1. The van der Waals surface area contributed by atoms with E-state index < -0.39 is 11.9 Å². The Morgan fingerprint density at radius 1 is 1.57 bits per heavy atom. The van der Waals surface area contributed by atoms with Gasteiger partial charge in [0.1, 0.15) is 0 Å². The SMILES string of the molecule is C=CC(O)c1ccc2[nH]c(=O)oc2c1. The molecular formula is C10H9NO3. The van der Waals surface area contributed by atoms with E-state index in [0.29, 0.717) is 16.7 Å². The van der Waals surface area contributed by atoms with Crippen LogP contribution in [0, 0.1) is 0 Å². The Morgan fingerprint density at radius 2 is 2.36 bits per heavy atom. The average molecular weight is 191 g/mol. The molecule has 0 aliphatic carbocycles. The first kappa shape index (κ1) is 8.77. The van der Waals surface area contributed by atoms with Crippen LogP contribution in [0.3, 0.4) is 0 Å². The summed E-state index contributed by atoms with van der Waals surface area (Å²) in [6.07, 6.45) is 0.672. The fourth-order valence-electron chi connectivity index (χ4n) is 1.28. The molecule has 0 amide bonds. The molecule has 1 heterocycles. The van der Waals surface area contributed by atoms with E-state index in [1.165, 1.54) is 6.08 Å². The van der Waals surface area contributed by atoms with Gasteiger partial charge in [0.05, 0.1) is 11.6 Å². The Labute approximate surface area is 79.5 Å². The van der Waals surface area contributed by atoms with Crippen molar-refractivity contribution in [2.45, 2.75) is 6.10 Å². The molecular weight excluding hydrogens is 182 g/mol. The number of aliphatic hydroxyl groups excluding tert-OH is 1. The largest absolute Gasteiger partial charge is 0.417 e. The highest BCUT2D eigenvalue weighted by atomic mass is 16.4. The second-order valence-corrected chi connectivity index (χ2v) is 2.95. The Bertz CT molecular complexity index is 523. The summed E-state index contributed by atoms with van der Waals surface area (Å²) >= 11 is 0. The Balaban J connectivity index is 2.61. The molecule has 0 aliphatic rings. The maximum Gasteiger partial charge on any atom is 0.417 e. The van der Waals surface area contributed by atoms with Gasteiger partial charge in [-0.25, -0.2) is 4.79 Å². The lowest BCUT2D eigenvalue weighted by atomic mass is 10.1. The van der Waals surface area contributed by atoms with E-state index in [4.69, 9.17) is 4.42 Å². The lowest BCUT2D eigenvalue weighted by molar-refractivity contribution is 0.229. The van der Waals surface area contributed by atoms with Crippen LogP contribution in [0.25, 0.3) is 11.1 Å². The van der Waals surface area contributed by atoms with Gasteiger partial charge in [-0.3, -0.25) is 4.98 Å². The molecule has 1 atom stereocenters. The maximum absolute atomic E-state index is 10.8.